The van der Waals surface area contributed by atoms with Crippen molar-refractivity contribution in [1.29, 1.82) is 0 Å². The van der Waals surface area contributed by atoms with Crippen molar-refractivity contribution in [2.45, 2.75) is 25.3 Å². The zero-order chi connectivity index (χ0) is 19.1. The molecule has 0 spiro atoms. The van der Waals surface area contributed by atoms with Crippen molar-refractivity contribution in [1.82, 2.24) is 14.5 Å². The van der Waals surface area contributed by atoms with Gasteiger partial charge in [-0.05, 0) is 71.7 Å². The first kappa shape index (κ1) is 17.5. The molecule has 1 aliphatic rings. The minimum absolute atomic E-state index is 0.498. The number of nitrogen functional groups attached to an aromatic ring is 1. The number of ether oxygens (including phenoxy) is 1. The monoisotopic (exact) mass is 482 g/mol. The van der Waals surface area contributed by atoms with Gasteiger partial charge in [0.2, 0.25) is 0 Å². The number of fused-ring (bicyclic) bond motifs is 1. The molecule has 0 amide bonds. The molecular formula is C22H19IN4O. The van der Waals surface area contributed by atoms with Gasteiger partial charge in [-0.3, -0.25) is 0 Å². The van der Waals surface area contributed by atoms with E-state index in [1.54, 1.807) is 6.33 Å². The fourth-order valence-electron chi connectivity index (χ4n) is 3.68. The largest absolute Gasteiger partial charge is 0.457 e. The average molecular weight is 482 g/mol. The SMILES string of the molecule is Nc1ncnc2c1c(-c1ccc(Oc3ccccc3)cc1)c(I)n2C1CCC1. The summed E-state index contributed by atoms with van der Waals surface area (Å²) >= 11 is 2.42. The van der Waals surface area contributed by atoms with Crippen molar-refractivity contribution in [3.63, 3.8) is 0 Å². The predicted octanol–water partition coefficient (Wildman–Crippen LogP) is 5.80. The molecule has 1 saturated carbocycles. The number of benzene rings is 2. The van der Waals surface area contributed by atoms with Crippen LogP contribution in [0, 0.1) is 3.70 Å². The molecule has 0 bridgehead atoms. The molecule has 2 aromatic carbocycles. The lowest BCUT2D eigenvalue weighted by atomic mass is 9.93. The number of hydrogen-bond acceptors (Lipinski definition) is 4. The second-order valence-electron chi connectivity index (χ2n) is 7.02. The molecule has 0 aliphatic heterocycles. The summed E-state index contributed by atoms with van der Waals surface area (Å²) in [6.07, 6.45) is 5.20. The second kappa shape index (κ2) is 7.09. The van der Waals surface area contributed by atoms with Crippen molar-refractivity contribution in [3.05, 3.63) is 64.6 Å². The van der Waals surface area contributed by atoms with E-state index >= 15 is 0 Å². The van der Waals surface area contributed by atoms with E-state index in [0.717, 1.165) is 33.7 Å². The first-order chi connectivity index (χ1) is 13.7. The molecule has 140 valence electrons. The Bertz CT molecular complexity index is 1130. The molecular weight excluding hydrogens is 463 g/mol. The molecule has 5 nitrogen and oxygen atoms in total. The Balaban J connectivity index is 1.58. The van der Waals surface area contributed by atoms with Crippen LogP contribution in [0.15, 0.2) is 60.9 Å². The van der Waals surface area contributed by atoms with Gasteiger partial charge in [0.15, 0.2) is 0 Å². The summed E-state index contributed by atoms with van der Waals surface area (Å²) in [7, 11) is 0. The predicted molar refractivity (Wildman–Crippen MR) is 119 cm³/mol. The van der Waals surface area contributed by atoms with Gasteiger partial charge < -0.3 is 15.0 Å². The third kappa shape index (κ3) is 2.92. The molecule has 6 heteroatoms. The Kier molecular flexibility index (Phi) is 4.43. The van der Waals surface area contributed by atoms with Gasteiger partial charge in [0.1, 0.15) is 29.3 Å². The minimum Gasteiger partial charge on any atom is -0.457 e. The number of hydrogen-bond donors (Lipinski definition) is 1. The first-order valence-electron chi connectivity index (χ1n) is 9.35. The van der Waals surface area contributed by atoms with E-state index in [1.807, 2.05) is 42.5 Å². The maximum absolute atomic E-state index is 6.28. The molecule has 1 aliphatic carbocycles. The molecule has 0 radical (unpaired) electrons. The fourth-order valence-corrected chi connectivity index (χ4v) is 4.89. The third-order valence-corrected chi connectivity index (χ3v) is 6.37. The maximum Gasteiger partial charge on any atom is 0.147 e. The van der Waals surface area contributed by atoms with Crippen LogP contribution in [0.2, 0.25) is 0 Å². The summed E-state index contributed by atoms with van der Waals surface area (Å²) in [4.78, 5) is 8.82. The first-order valence-corrected chi connectivity index (χ1v) is 10.4. The molecule has 28 heavy (non-hydrogen) atoms. The highest BCUT2D eigenvalue weighted by Crippen LogP contribution is 2.43. The zero-order valence-electron chi connectivity index (χ0n) is 15.2. The Labute approximate surface area is 176 Å². The summed E-state index contributed by atoms with van der Waals surface area (Å²) in [6.45, 7) is 0. The normalized spacial score (nSPS) is 14.2. The van der Waals surface area contributed by atoms with Gasteiger partial charge in [-0.15, -0.1) is 0 Å². The summed E-state index contributed by atoms with van der Waals surface area (Å²) < 4.78 is 9.43. The Morgan fingerprint density at radius 2 is 1.68 bits per heavy atom. The smallest absolute Gasteiger partial charge is 0.147 e. The fraction of sp³-hybridized carbons (Fsp3) is 0.182. The molecule has 5 rings (SSSR count). The number of para-hydroxylation sites is 1. The summed E-state index contributed by atoms with van der Waals surface area (Å²) in [6, 6.07) is 18.4. The molecule has 0 saturated heterocycles. The van der Waals surface area contributed by atoms with E-state index < -0.39 is 0 Å². The van der Waals surface area contributed by atoms with Gasteiger partial charge in [0.25, 0.3) is 0 Å². The highest BCUT2D eigenvalue weighted by Gasteiger charge is 2.28. The molecule has 1 fully saturated rings. The number of halogens is 1. The van der Waals surface area contributed by atoms with E-state index in [0.29, 0.717) is 11.9 Å². The van der Waals surface area contributed by atoms with Crippen molar-refractivity contribution in [3.8, 4) is 22.6 Å². The number of nitrogens with zero attached hydrogens (tertiary/aromatic N) is 3. The van der Waals surface area contributed by atoms with Gasteiger partial charge >= 0.3 is 0 Å². The number of rotatable bonds is 4. The second-order valence-corrected chi connectivity index (χ2v) is 8.04. The van der Waals surface area contributed by atoms with Crippen LogP contribution < -0.4 is 10.5 Å². The molecule has 2 N–H and O–H groups in total. The standard InChI is InChI=1S/C22H19IN4O/c23-20-18(14-9-11-17(12-10-14)28-16-7-2-1-3-8-16)19-21(24)25-13-26-22(19)27(20)15-5-4-6-15/h1-3,7-13,15H,4-6H2,(H2,24,25,26). The van der Waals surface area contributed by atoms with Crippen LogP contribution in [-0.2, 0) is 0 Å². The maximum atomic E-state index is 6.28. The van der Waals surface area contributed by atoms with Crippen LogP contribution in [0.4, 0.5) is 5.82 Å². The molecule has 0 atom stereocenters. The van der Waals surface area contributed by atoms with Crippen LogP contribution in [0.5, 0.6) is 11.5 Å². The van der Waals surface area contributed by atoms with Crippen LogP contribution in [0.25, 0.3) is 22.2 Å². The molecule has 2 heterocycles. The lowest BCUT2D eigenvalue weighted by Crippen LogP contribution is -2.18. The van der Waals surface area contributed by atoms with Crippen LogP contribution in [-0.4, -0.2) is 14.5 Å². The van der Waals surface area contributed by atoms with Crippen LogP contribution >= 0.6 is 22.6 Å². The van der Waals surface area contributed by atoms with E-state index in [9.17, 15) is 0 Å². The quantitative estimate of drug-likeness (QED) is 0.374. The van der Waals surface area contributed by atoms with Crippen molar-refractivity contribution in [2.75, 3.05) is 5.73 Å². The van der Waals surface area contributed by atoms with Gasteiger partial charge in [0.05, 0.1) is 9.09 Å². The summed E-state index contributed by atoms with van der Waals surface area (Å²) in [5.41, 5.74) is 9.40. The van der Waals surface area contributed by atoms with Crippen molar-refractivity contribution in [2.24, 2.45) is 0 Å². The number of anilines is 1. The lowest BCUT2D eigenvalue weighted by Gasteiger charge is -2.28. The number of aromatic nitrogens is 3. The van der Waals surface area contributed by atoms with E-state index in [1.165, 1.54) is 23.0 Å². The van der Waals surface area contributed by atoms with Gasteiger partial charge in [0, 0.05) is 11.6 Å². The van der Waals surface area contributed by atoms with Crippen LogP contribution in [0.1, 0.15) is 25.3 Å². The Hall–Kier alpha value is -2.61. The lowest BCUT2D eigenvalue weighted by molar-refractivity contribution is 0.316. The summed E-state index contributed by atoms with van der Waals surface area (Å²) in [5.74, 6) is 2.15. The summed E-state index contributed by atoms with van der Waals surface area (Å²) in [5, 5.41) is 0.940. The molecule has 4 aromatic rings. The highest BCUT2D eigenvalue weighted by atomic mass is 127. The number of nitrogens with two attached hydrogens (primary N) is 1. The van der Waals surface area contributed by atoms with Gasteiger partial charge in [-0.25, -0.2) is 9.97 Å². The van der Waals surface area contributed by atoms with Crippen molar-refractivity contribution < 1.29 is 4.74 Å². The van der Waals surface area contributed by atoms with Gasteiger partial charge in [-0.2, -0.15) is 0 Å². The molecule has 2 aromatic heterocycles. The average Bonchev–Trinajstić information content (AvgIpc) is 2.96. The van der Waals surface area contributed by atoms with E-state index in [2.05, 4.69) is 49.3 Å². The molecule has 0 unspecified atom stereocenters. The topological polar surface area (TPSA) is 66.0 Å². The van der Waals surface area contributed by atoms with Gasteiger partial charge in [-0.1, -0.05) is 30.3 Å². The zero-order valence-corrected chi connectivity index (χ0v) is 17.3. The van der Waals surface area contributed by atoms with Crippen LogP contribution in [0.3, 0.4) is 0 Å². The Morgan fingerprint density at radius 1 is 0.964 bits per heavy atom. The van der Waals surface area contributed by atoms with E-state index in [-0.39, 0.29) is 0 Å². The Morgan fingerprint density at radius 3 is 2.36 bits per heavy atom. The van der Waals surface area contributed by atoms with Crippen molar-refractivity contribution >= 4 is 39.4 Å². The minimum atomic E-state index is 0.498. The highest BCUT2D eigenvalue weighted by molar-refractivity contribution is 14.1. The third-order valence-electron chi connectivity index (χ3n) is 5.31. The van der Waals surface area contributed by atoms with E-state index in [4.69, 9.17) is 10.5 Å².